The van der Waals surface area contributed by atoms with E-state index >= 15 is 0 Å². The highest BCUT2D eigenvalue weighted by Crippen LogP contribution is 2.17. The van der Waals surface area contributed by atoms with Crippen LogP contribution in [0.2, 0.25) is 0 Å². The number of hydrogen-bond acceptors (Lipinski definition) is 3. The van der Waals surface area contributed by atoms with Crippen LogP contribution in [0.5, 0.6) is 0 Å². The van der Waals surface area contributed by atoms with E-state index in [1.54, 1.807) is 4.57 Å². The molecule has 0 spiro atoms. The first-order chi connectivity index (χ1) is 11.0. The average molecular weight is 315 g/mol. The Morgan fingerprint density at radius 2 is 1.96 bits per heavy atom. The van der Waals surface area contributed by atoms with Crippen molar-refractivity contribution in [1.29, 1.82) is 0 Å². The number of aromatic amines is 1. The summed E-state index contributed by atoms with van der Waals surface area (Å²) >= 11 is 0. The van der Waals surface area contributed by atoms with Crippen LogP contribution in [0, 0.1) is 6.92 Å². The predicted molar refractivity (Wildman–Crippen MR) is 90.3 cm³/mol. The third kappa shape index (κ3) is 2.82. The van der Waals surface area contributed by atoms with Crippen molar-refractivity contribution in [2.24, 2.45) is 0 Å². The number of rotatable bonds is 3. The normalized spacial score (nSPS) is 18.1. The third-order valence-corrected chi connectivity index (χ3v) is 4.70. The van der Waals surface area contributed by atoms with Crippen LogP contribution in [0.25, 0.3) is 5.69 Å². The lowest BCUT2D eigenvalue weighted by Gasteiger charge is -2.31. The number of quaternary nitrogens is 1. The van der Waals surface area contributed by atoms with Crippen LogP contribution >= 0.6 is 0 Å². The van der Waals surface area contributed by atoms with Crippen molar-refractivity contribution in [3.63, 3.8) is 0 Å². The molecule has 6 nitrogen and oxygen atoms in total. The highest BCUT2D eigenvalue weighted by Gasteiger charge is 2.28. The molecule has 23 heavy (non-hydrogen) atoms. The van der Waals surface area contributed by atoms with Crippen molar-refractivity contribution in [3.8, 4) is 5.69 Å². The van der Waals surface area contributed by atoms with E-state index in [1.165, 1.54) is 4.90 Å². The summed E-state index contributed by atoms with van der Waals surface area (Å²) in [5, 5.41) is 3.30. The Balaban J connectivity index is 2.12. The van der Waals surface area contributed by atoms with Crippen molar-refractivity contribution in [1.82, 2.24) is 9.55 Å². The topological polar surface area (TPSA) is 71.3 Å². The maximum absolute atomic E-state index is 12.3. The molecule has 2 atom stereocenters. The van der Waals surface area contributed by atoms with Gasteiger partial charge >= 0.3 is 5.69 Å². The number of H-pyrrole nitrogens is 1. The molecule has 0 amide bonds. The number of hydrogen-bond donors (Lipinski definition) is 3. The van der Waals surface area contributed by atoms with Crippen LogP contribution in [0.1, 0.15) is 31.4 Å². The number of aryl methyl sites for hydroxylation is 1. The molecular formula is C17H23N4O2+. The molecule has 0 saturated carbocycles. The SMILES string of the molecule is CC[C@H](C)[NH+]1CNc2c(c(=O)[nH]c(=O)n2-c2ccc(C)cc2)C1. The Labute approximate surface area is 134 Å². The minimum absolute atomic E-state index is 0.290. The molecule has 3 N–H and O–H groups in total. The standard InChI is InChI=1S/C17H22N4O2/c1-4-12(3)20-9-14-15(18-10-20)21(17(23)19-16(14)22)13-7-5-11(2)6-8-13/h5-8,12,18H,4,9-10H2,1-3H3,(H,19,22,23)/p+1/t12-/m0/s1. The first-order valence-corrected chi connectivity index (χ1v) is 8.05. The molecule has 3 rings (SSSR count). The fraction of sp³-hybridized carbons (Fsp3) is 0.412. The predicted octanol–water partition coefficient (Wildman–Crippen LogP) is 0.401. The van der Waals surface area contributed by atoms with Crippen molar-refractivity contribution in [2.45, 2.75) is 39.8 Å². The van der Waals surface area contributed by atoms with Crippen LogP contribution in [0.4, 0.5) is 5.82 Å². The van der Waals surface area contributed by atoms with Gasteiger partial charge in [-0.25, -0.2) is 9.36 Å². The van der Waals surface area contributed by atoms with Crippen LogP contribution in [0.15, 0.2) is 33.9 Å². The number of benzene rings is 1. The van der Waals surface area contributed by atoms with Crippen molar-refractivity contribution < 1.29 is 4.90 Å². The minimum atomic E-state index is -0.405. The molecule has 2 aromatic rings. The lowest BCUT2D eigenvalue weighted by molar-refractivity contribution is -0.935. The van der Waals surface area contributed by atoms with Gasteiger partial charge in [-0.15, -0.1) is 0 Å². The summed E-state index contributed by atoms with van der Waals surface area (Å²) in [5.41, 5.74) is 1.83. The number of nitrogens with one attached hydrogen (secondary N) is 3. The second-order valence-corrected chi connectivity index (χ2v) is 6.26. The third-order valence-electron chi connectivity index (χ3n) is 4.70. The van der Waals surface area contributed by atoms with Crippen LogP contribution in [-0.4, -0.2) is 22.3 Å². The van der Waals surface area contributed by atoms with Gasteiger partial charge in [0, 0.05) is 0 Å². The fourth-order valence-electron chi connectivity index (χ4n) is 2.99. The zero-order valence-electron chi connectivity index (χ0n) is 13.8. The molecule has 0 aliphatic carbocycles. The van der Waals surface area contributed by atoms with Gasteiger partial charge in [0.15, 0.2) is 6.67 Å². The van der Waals surface area contributed by atoms with Crippen molar-refractivity contribution in [3.05, 3.63) is 56.2 Å². The second kappa shape index (κ2) is 6.04. The van der Waals surface area contributed by atoms with Gasteiger partial charge in [0.1, 0.15) is 17.9 Å². The number of anilines is 1. The summed E-state index contributed by atoms with van der Waals surface area (Å²) in [7, 11) is 0. The zero-order chi connectivity index (χ0) is 16.6. The van der Waals surface area contributed by atoms with Gasteiger partial charge < -0.3 is 10.2 Å². The van der Waals surface area contributed by atoms with E-state index in [9.17, 15) is 9.59 Å². The molecular weight excluding hydrogens is 292 g/mol. The maximum atomic E-state index is 12.3. The molecule has 1 aromatic carbocycles. The molecule has 0 bridgehead atoms. The fourth-order valence-corrected chi connectivity index (χ4v) is 2.99. The quantitative estimate of drug-likeness (QED) is 0.768. The van der Waals surface area contributed by atoms with Gasteiger partial charge in [0.2, 0.25) is 0 Å². The molecule has 0 fully saturated rings. The van der Waals surface area contributed by atoms with E-state index in [0.29, 0.717) is 30.6 Å². The van der Waals surface area contributed by atoms with Crippen LogP contribution in [0.3, 0.4) is 0 Å². The average Bonchev–Trinajstić information content (AvgIpc) is 2.55. The Bertz CT molecular complexity index is 820. The van der Waals surface area contributed by atoms with Gasteiger partial charge in [-0.1, -0.05) is 24.6 Å². The highest BCUT2D eigenvalue weighted by molar-refractivity contribution is 5.51. The molecule has 122 valence electrons. The van der Waals surface area contributed by atoms with Crippen LogP contribution in [-0.2, 0) is 6.54 Å². The Morgan fingerprint density at radius 1 is 1.26 bits per heavy atom. The van der Waals surface area contributed by atoms with Gasteiger partial charge in [-0.3, -0.25) is 9.78 Å². The largest absolute Gasteiger partial charge is 0.334 e. The molecule has 0 radical (unpaired) electrons. The zero-order valence-corrected chi connectivity index (χ0v) is 13.8. The minimum Gasteiger partial charge on any atom is -0.324 e. The van der Waals surface area contributed by atoms with E-state index in [1.807, 2.05) is 31.2 Å². The molecule has 1 aliphatic heterocycles. The molecule has 1 aromatic heterocycles. The maximum Gasteiger partial charge on any atom is 0.334 e. The van der Waals surface area contributed by atoms with E-state index in [0.717, 1.165) is 17.7 Å². The molecule has 1 aliphatic rings. The first kappa shape index (κ1) is 15.6. The van der Waals surface area contributed by atoms with E-state index in [-0.39, 0.29) is 5.56 Å². The summed E-state index contributed by atoms with van der Waals surface area (Å²) in [4.78, 5) is 28.3. The smallest absolute Gasteiger partial charge is 0.324 e. The summed E-state index contributed by atoms with van der Waals surface area (Å²) in [6, 6.07) is 8.16. The Hall–Kier alpha value is -2.34. The number of nitrogens with zero attached hydrogens (tertiary/aromatic N) is 1. The molecule has 6 heteroatoms. The molecule has 2 heterocycles. The Morgan fingerprint density at radius 3 is 2.61 bits per heavy atom. The van der Waals surface area contributed by atoms with Gasteiger partial charge in [-0.2, -0.15) is 0 Å². The van der Waals surface area contributed by atoms with E-state index in [4.69, 9.17) is 0 Å². The lowest BCUT2D eigenvalue weighted by atomic mass is 10.1. The molecule has 1 unspecified atom stereocenters. The van der Waals surface area contributed by atoms with Gasteiger partial charge in [0.05, 0.1) is 11.7 Å². The van der Waals surface area contributed by atoms with Crippen LogP contribution < -0.4 is 21.5 Å². The van der Waals surface area contributed by atoms with Crippen molar-refractivity contribution >= 4 is 5.82 Å². The van der Waals surface area contributed by atoms with E-state index < -0.39 is 5.69 Å². The van der Waals surface area contributed by atoms with Crippen molar-refractivity contribution in [2.75, 3.05) is 12.0 Å². The summed E-state index contributed by atoms with van der Waals surface area (Å²) in [6.45, 7) is 7.65. The van der Waals surface area contributed by atoms with Gasteiger partial charge in [-0.05, 0) is 32.4 Å². The first-order valence-electron chi connectivity index (χ1n) is 8.05. The number of aromatic nitrogens is 2. The van der Waals surface area contributed by atoms with E-state index in [2.05, 4.69) is 24.1 Å². The summed E-state index contributed by atoms with van der Waals surface area (Å²) < 4.78 is 1.56. The molecule has 0 saturated heterocycles. The lowest BCUT2D eigenvalue weighted by Crippen LogP contribution is -3.16. The summed E-state index contributed by atoms with van der Waals surface area (Å²) in [6.07, 6.45) is 1.04. The second-order valence-electron chi connectivity index (χ2n) is 6.26. The highest BCUT2D eigenvalue weighted by atomic mass is 16.2. The van der Waals surface area contributed by atoms with Gasteiger partial charge in [0.25, 0.3) is 5.56 Å². The number of fused-ring (bicyclic) bond motifs is 1. The summed E-state index contributed by atoms with van der Waals surface area (Å²) in [5.74, 6) is 0.620. The monoisotopic (exact) mass is 315 g/mol. The Kier molecular flexibility index (Phi) is 4.09.